The van der Waals surface area contributed by atoms with E-state index in [9.17, 15) is 9.59 Å². The zero-order chi connectivity index (χ0) is 28.6. The Morgan fingerprint density at radius 2 is 1.02 bits per heavy atom. The van der Waals surface area contributed by atoms with Crippen molar-refractivity contribution in [1.29, 1.82) is 0 Å². The molecule has 4 nitrogen and oxygen atoms in total. The molecule has 0 aliphatic heterocycles. The number of fused-ring (bicyclic) bond motifs is 1. The first-order valence-electron chi connectivity index (χ1n) is 12.6. The van der Waals surface area contributed by atoms with Crippen LogP contribution in [0.2, 0.25) is 20.1 Å². The molecule has 4 atom stereocenters. The number of esters is 2. The number of ether oxygens (including phenoxy) is 2. The Morgan fingerprint density at radius 3 is 1.55 bits per heavy atom. The highest BCUT2D eigenvalue weighted by Crippen LogP contribution is 2.49. The fraction of sp³-hybridized carbons (Fsp3) is 0.188. The Hall–Kier alpha value is -3.02. The number of carbonyl (C=O) groups excluding carboxylic acids is 2. The van der Waals surface area contributed by atoms with E-state index in [-0.39, 0.29) is 0 Å². The molecule has 0 spiro atoms. The molecular formula is C32H24Cl4O4. The van der Waals surface area contributed by atoms with Crippen molar-refractivity contribution in [1.82, 2.24) is 0 Å². The third kappa shape index (κ3) is 5.59. The lowest BCUT2D eigenvalue weighted by atomic mass is 9.70. The van der Waals surface area contributed by atoms with Gasteiger partial charge in [0, 0.05) is 5.92 Å². The predicted octanol–water partition coefficient (Wildman–Crippen LogP) is 9.31. The quantitative estimate of drug-likeness (QED) is 0.210. The van der Waals surface area contributed by atoms with Crippen molar-refractivity contribution in [3.05, 3.63) is 138 Å². The number of hydrogen-bond acceptors (Lipinski definition) is 4. The van der Waals surface area contributed by atoms with Crippen molar-refractivity contribution in [2.75, 3.05) is 0 Å². The second kappa shape index (κ2) is 11.8. The fourth-order valence-electron chi connectivity index (χ4n) is 5.25. The Labute approximate surface area is 252 Å². The summed E-state index contributed by atoms with van der Waals surface area (Å²) in [6, 6.07) is 24.4. The van der Waals surface area contributed by atoms with E-state index in [0.29, 0.717) is 31.2 Å². The summed E-state index contributed by atoms with van der Waals surface area (Å²) in [4.78, 5) is 26.8. The van der Waals surface area contributed by atoms with Gasteiger partial charge in [0.2, 0.25) is 0 Å². The van der Waals surface area contributed by atoms with Crippen molar-refractivity contribution in [3.63, 3.8) is 0 Å². The van der Waals surface area contributed by atoms with E-state index in [1.807, 2.05) is 26.0 Å². The normalized spacial score (nSPS) is 19.9. The molecule has 4 aromatic rings. The molecule has 0 saturated heterocycles. The van der Waals surface area contributed by atoms with E-state index >= 15 is 0 Å². The van der Waals surface area contributed by atoms with Gasteiger partial charge in [-0.25, -0.2) is 9.59 Å². The highest BCUT2D eigenvalue weighted by atomic mass is 35.5. The number of rotatable bonds is 5. The van der Waals surface area contributed by atoms with Crippen molar-refractivity contribution in [3.8, 4) is 0 Å². The van der Waals surface area contributed by atoms with E-state index in [1.54, 1.807) is 72.8 Å². The monoisotopic (exact) mass is 612 g/mol. The minimum Gasteiger partial charge on any atom is -0.454 e. The van der Waals surface area contributed by atoms with Gasteiger partial charge in [0.1, 0.15) is 6.10 Å². The van der Waals surface area contributed by atoms with Crippen LogP contribution in [0.4, 0.5) is 0 Å². The predicted molar refractivity (Wildman–Crippen MR) is 159 cm³/mol. The fourth-order valence-corrected chi connectivity index (χ4v) is 5.98. The van der Waals surface area contributed by atoms with Gasteiger partial charge in [-0.15, -0.1) is 0 Å². The van der Waals surface area contributed by atoms with Crippen molar-refractivity contribution < 1.29 is 19.1 Å². The molecular weight excluding hydrogens is 590 g/mol. The molecule has 0 saturated carbocycles. The highest BCUT2D eigenvalue weighted by Gasteiger charge is 2.47. The van der Waals surface area contributed by atoms with Crippen LogP contribution in [0.3, 0.4) is 0 Å². The van der Waals surface area contributed by atoms with Gasteiger partial charge in [-0.05, 0) is 77.7 Å². The maximum Gasteiger partial charge on any atom is 0.338 e. The molecule has 0 amide bonds. The molecule has 8 heteroatoms. The zero-order valence-electron chi connectivity index (χ0n) is 21.5. The van der Waals surface area contributed by atoms with Crippen LogP contribution < -0.4 is 0 Å². The molecule has 0 N–H and O–H groups in total. The van der Waals surface area contributed by atoms with E-state index in [2.05, 4.69) is 0 Å². The van der Waals surface area contributed by atoms with E-state index in [4.69, 9.17) is 55.9 Å². The minimum atomic E-state index is -0.934. The molecule has 4 aromatic carbocycles. The minimum absolute atomic E-state index is 0.341. The molecule has 0 fully saturated rings. The second-order valence-electron chi connectivity index (χ2n) is 9.76. The average Bonchev–Trinajstić information content (AvgIpc) is 2.95. The van der Waals surface area contributed by atoms with Crippen LogP contribution >= 0.6 is 46.4 Å². The highest BCUT2D eigenvalue weighted by molar-refractivity contribution is 6.42. The number of aryl methyl sites for hydroxylation is 1. The van der Waals surface area contributed by atoms with Crippen LogP contribution in [0.1, 0.15) is 61.7 Å². The van der Waals surface area contributed by atoms with Crippen LogP contribution in [-0.2, 0) is 9.47 Å². The number of hydrogen-bond donors (Lipinski definition) is 0. The molecule has 1 aliphatic rings. The Balaban J connectivity index is 1.70. The summed E-state index contributed by atoms with van der Waals surface area (Å²) < 4.78 is 12.4. The molecule has 0 radical (unpaired) electrons. The number of halogens is 4. The molecule has 5 rings (SSSR count). The van der Waals surface area contributed by atoms with E-state index in [0.717, 1.165) is 22.3 Å². The van der Waals surface area contributed by atoms with E-state index < -0.39 is 36.0 Å². The Morgan fingerprint density at radius 1 is 0.600 bits per heavy atom. The standard InChI is InChI=1S/C32H24Cl4O4/c1-17-13-24(33)25(34)14-21(17)28-23-16-27(36)26(35)15-22(23)18(2)29(39-31(37)19-9-5-3-6-10-19)30(28)40-32(38)20-11-7-4-8-12-20/h3-16,18,28-30H,1-2H3/t18?,28-,29?,30?/m0/s1. The number of carbonyl (C=O) groups is 2. The molecule has 0 bridgehead atoms. The summed E-state index contributed by atoms with van der Waals surface area (Å²) >= 11 is 25.8. The lowest BCUT2D eigenvalue weighted by molar-refractivity contribution is -0.0532. The van der Waals surface area contributed by atoms with Crippen LogP contribution in [0, 0.1) is 6.92 Å². The number of benzene rings is 4. The van der Waals surface area contributed by atoms with Gasteiger partial charge < -0.3 is 9.47 Å². The molecule has 1 aliphatic carbocycles. The first-order valence-corrected chi connectivity index (χ1v) is 14.1. The molecule has 204 valence electrons. The topological polar surface area (TPSA) is 52.6 Å². The summed E-state index contributed by atoms with van der Waals surface area (Å²) in [7, 11) is 0. The largest absolute Gasteiger partial charge is 0.454 e. The van der Waals surface area contributed by atoms with Crippen molar-refractivity contribution >= 4 is 58.3 Å². The summed E-state index contributed by atoms with van der Waals surface area (Å²) in [6.45, 7) is 3.81. The van der Waals surface area contributed by atoms with Crippen LogP contribution in [0.25, 0.3) is 0 Å². The maximum atomic E-state index is 13.5. The van der Waals surface area contributed by atoms with Crippen molar-refractivity contribution in [2.45, 2.75) is 37.9 Å². The van der Waals surface area contributed by atoms with Crippen LogP contribution in [0.15, 0.2) is 84.9 Å². The van der Waals surface area contributed by atoms with Gasteiger partial charge in [0.05, 0.1) is 37.1 Å². The summed E-state index contributed by atoms with van der Waals surface area (Å²) in [5, 5.41) is 1.45. The third-order valence-corrected chi connectivity index (χ3v) is 8.69. The molecule has 0 heterocycles. The lowest BCUT2D eigenvalue weighted by Gasteiger charge is -2.43. The van der Waals surface area contributed by atoms with Gasteiger partial charge in [-0.1, -0.05) is 89.7 Å². The summed E-state index contributed by atoms with van der Waals surface area (Å²) in [5.74, 6) is -2.08. The van der Waals surface area contributed by atoms with Crippen LogP contribution in [-0.4, -0.2) is 24.1 Å². The lowest BCUT2D eigenvalue weighted by Crippen LogP contribution is -2.47. The van der Waals surface area contributed by atoms with Crippen molar-refractivity contribution in [2.24, 2.45) is 0 Å². The Bertz CT molecular complexity index is 1570. The van der Waals surface area contributed by atoms with Gasteiger partial charge in [-0.2, -0.15) is 0 Å². The average molecular weight is 614 g/mol. The van der Waals surface area contributed by atoms with Crippen LogP contribution in [0.5, 0.6) is 0 Å². The van der Waals surface area contributed by atoms with Gasteiger partial charge in [0.15, 0.2) is 6.10 Å². The molecule has 0 aromatic heterocycles. The first kappa shape index (κ1) is 28.5. The molecule has 40 heavy (non-hydrogen) atoms. The Kier molecular flexibility index (Phi) is 8.44. The van der Waals surface area contributed by atoms with Gasteiger partial charge in [-0.3, -0.25) is 0 Å². The zero-order valence-corrected chi connectivity index (χ0v) is 24.6. The second-order valence-corrected chi connectivity index (χ2v) is 11.4. The molecule has 3 unspecified atom stereocenters. The third-order valence-electron chi connectivity index (χ3n) is 7.25. The smallest absolute Gasteiger partial charge is 0.338 e. The maximum absolute atomic E-state index is 13.5. The van der Waals surface area contributed by atoms with E-state index in [1.165, 1.54) is 0 Å². The first-order chi connectivity index (χ1) is 19.2. The van der Waals surface area contributed by atoms with Gasteiger partial charge >= 0.3 is 11.9 Å². The van der Waals surface area contributed by atoms with Gasteiger partial charge in [0.25, 0.3) is 0 Å². The SMILES string of the molecule is Cc1cc(Cl)c(Cl)cc1[C@H]1c2cc(Cl)c(Cl)cc2C(C)C(OC(=O)c2ccccc2)C1OC(=O)c1ccccc1. The summed E-state index contributed by atoms with van der Waals surface area (Å²) in [5.41, 5.74) is 3.94. The summed E-state index contributed by atoms with van der Waals surface area (Å²) in [6.07, 6.45) is -1.81.